The van der Waals surface area contributed by atoms with E-state index in [9.17, 15) is 0 Å². The molecule has 0 aromatic heterocycles. The predicted octanol–water partition coefficient (Wildman–Crippen LogP) is 7.39. The van der Waals surface area contributed by atoms with Crippen LogP contribution in [0.4, 0.5) is 0 Å². The van der Waals surface area contributed by atoms with Gasteiger partial charge >= 0.3 is 0 Å². The Balaban J connectivity index is 1.57. The average Bonchev–Trinajstić information content (AvgIpc) is 2.82. The van der Waals surface area contributed by atoms with Gasteiger partial charge in [-0.05, 0) is 92.2 Å². The molecule has 2 nitrogen and oxygen atoms in total. The Morgan fingerprint density at radius 3 is 2.86 bits per heavy atom. The topological polar surface area (TPSA) is 18.5 Å². The highest BCUT2D eigenvalue weighted by Crippen LogP contribution is 2.36. The molecule has 0 N–H and O–H groups in total. The van der Waals surface area contributed by atoms with E-state index in [1.54, 1.807) is 0 Å². The van der Waals surface area contributed by atoms with Crippen LogP contribution in [0.15, 0.2) is 30.4 Å². The maximum absolute atomic E-state index is 6.52. The average molecular weight is 403 g/mol. The first-order chi connectivity index (χ1) is 13.6. The molecule has 3 heteroatoms. The fourth-order valence-corrected chi connectivity index (χ4v) is 4.56. The van der Waals surface area contributed by atoms with Crippen LogP contribution >= 0.6 is 11.6 Å². The standard InChI is InChI=1S/C25H35ClO2/c1-19-9-3-4-13-24(26)23-17-20(2)25(18-22(19)23)28-16-8-12-21-10-5-6-14-27-15-7-11-21/h3-4,13,17-19,21H,5-12,14-16H2,1-2H3. The van der Waals surface area contributed by atoms with Gasteiger partial charge in [0.25, 0.3) is 0 Å². The highest BCUT2D eigenvalue weighted by Gasteiger charge is 2.17. The maximum Gasteiger partial charge on any atom is 0.122 e. The molecule has 2 atom stereocenters. The summed E-state index contributed by atoms with van der Waals surface area (Å²) in [4.78, 5) is 0. The molecule has 0 amide bonds. The molecule has 1 saturated heterocycles. The molecule has 154 valence electrons. The quantitative estimate of drug-likeness (QED) is 0.478. The van der Waals surface area contributed by atoms with Gasteiger partial charge in [0, 0.05) is 18.2 Å². The normalized spacial score (nSPS) is 23.5. The van der Waals surface area contributed by atoms with Gasteiger partial charge in [-0.25, -0.2) is 0 Å². The van der Waals surface area contributed by atoms with Crippen molar-refractivity contribution in [2.24, 2.45) is 5.92 Å². The number of allylic oxidation sites excluding steroid dienone is 3. The summed E-state index contributed by atoms with van der Waals surface area (Å²) >= 11 is 6.52. The second kappa shape index (κ2) is 11.1. The molecule has 28 heavy (non-hydrogen) atoms. The monoisotopic (exact) mass is 402 g/mol. The van der Waals surface area contributed by atoms with Crippen molar-refractivity contribution >= 4 is 16.6 Å². The third-order valence-electron chi connectivity index (χ3n) is 6.07. The number of hydrogen-bond acceptors (Lipinski definition) is 2. The van der Waals surface area contributed by atoms with E-state index in [0.717, 1.165) is 54.9 Å². The molecule has 0 spiro atoms. The Labute approximate surface area is 176 Å². The molecule has 2 unspecified atom stereocenters. The van der Waals surface area contributed by atoms with Crippen molar-refractivity contribution < 1.29 is 9.47 Å². The predicted molar refractivity (Wildman–Crippen MR) is 119 cm³/mol. The molecule has 1 aromatic rings. The van der Waals surface area contributed by atoms with Crippen LogP contribution in [0.25, 0.3) is 5.03 Å². The van der Waals surface area contributed by atoms with Gasteiger partial charge in [-0.3, -0.25) is 0 Å². The SMILES string of the molecule is Cc1cc2c(cc1OCCCC1CCCCOCCC1)C(C)CC=CC=C2Cl. The van der Waals surface area contributed by atoms with Crippen LogP contribution in [-0.4, -0.2) is 19.8 Å². The van der Waals surface area contributed by atoms with Crippen LogP contribution in [0.2, 0.25) is 0 Å². The van der Waals surface area contributed by atoms with Crippen LogP contribution in [0.5, 0.6) is 5.75 Å². The first-order valence-corrected chi connectivity index (χ1v) is 11.4. The molecule has 1 fully saturated rings. The zero-order chi connectivity index (χ0) is 19.8. The van der Waals surface area contributed by atoms with Crippen molar-refractivity contribution in [3.63, 3.8) is 0 Å². The molecule has 2 aliphatic rings. The Kier molecular flexibility index (Phi) is 8.48. The minimum absolute atomic E-state index is 0.442. The summed E-state index contributed by atoms with van der Waals surface area (Å²) in [6.07, 6.45) is 16.0. The van der Waals surface area contributed by atoms with E-state index in [-0.39, 0.29) is 0 Å². The van der Waals surface area contributed by atoms with Crippen LogP contribution in [-0.2, 0) is 4.74 Å². The first kappa shape index (κ1) is 21.5. The summed E-state index contributed by atoms with van der Waals surface area (Å²) in [5, 5.41) is 0.816. The largest absolute Gasteiger partial charge is 0.493 e. The summed E-state index contributed by atoms with van der Waals surface area (Å²) in [6.45, 7) is 7.06. The zero-order valence-electron chi connectivity index (χ0n) is 17.5. The van der Waals surface area contributed by atoms with Crippen molar-refractivity contribution in [2.75, 3.05) is 19.8 Å². The Bertz CT molecular complexity index is 682. The minimum Gasteiger partial charge on any atom is -0.493 e. The smallest absolute Gasteiger partial charge is 0.122 e. The lowest BCUT2D eigenvalue weighted by Gasteiger charge is -2.20. The third-order valence-corrected chi connectivity index (χ3v) is 6.40. The van der Waals surface area contributed by atoms with Gasteiger partial charge in [0.15, 0.2) is 0 Å². The number of ether oxygens (including phenoxy) is 2. The van der Waals surface area contributed by atoms with Crippen LogP contribution in [0, 0.1) is 12.8 Å². The number of benzene rings is 1. The molecule has 0 bridgehead atoms. The molecule has 3 rings (SSSR count). The van der Waals surface area contributed by atoms with Gasteiger partial charge in [-0.15, -0.1) is 0 Å². The van der Waals surface area contributed by atoms with Crippen molar-refractivity contribution in [1.82, 2.24) is 0 Å². The summed E-state index contributed by atoms with van der Waals surface area (Å²) in [5.74, 6) is 2.29. The lowest BCUT2D eigenvalue weighted by atomic mass is 9.89. The molecule has 0 radical (unpaired) electrons. The maximum atomic E-state index is 6.52. The van der Waals surface area contributed by atoms with E-state index in [4.69, 9.17) is 21.1 Å². The van der Waals surface area contributed by atoms with Crippen LogP contribution < -0.4 is 4.74 Å². The van der Waals surface area contributed by atoms with Gasteiger partial charge in [-0.2, -0.15) is 0 Å². The molecule has 1 aliphatic carbocycles. The molecule has 1 heterocycles. The van der Waals surface area contributed by atoms with Crippen molar-refractivity contribution in [2.45, 2.75) is 71.1 Å². The van der Waals surface area contributed by atoms with E-state index >= 15 is 0 Å². The van der Waals surface area contributed by atoms with E-state index in [1.807, 2.05) is 6.08 Å². The second-order valence-electron chi connectivity index (χ2n) is 8.39. The van der Waals surface area contributed by atoms with Gasteiger partial charge in [-0.1, -0.05) is 43.5 Å². The summed E-state index contributed by atoms with van der Waals surface area (Å²) in [6, 6.07) is 4.42. The van der Waals surface area contributed by atoms with Crippen molar-refractivity contribution in [1.29, 1.82) is 0 Å². The molecule has 1 aliphatic heterocycles. The number of halogens is 1. The van der Waals surface area contributed by atoms with Gasteiger partial charge in [0.1, 0.15) is 5.75 Å². The number of fused-ring (bicyclic) bond motifs is 1. The van der Waals surface area contributed by atoms with E-state index < -0.39 is 0 Å². The Morgan fingerprint density at radius 2 is 1.96 bits per heavy atom. The zero-order valence-corrected chi connectivity index (χ0v) is 18.3. The third kappa shape index (κ3) is 6.12. The lowest BCUT2D eigenvalue weighted by Crippen LogP contribution is -2.07. The molecular weight excluding hydrogens is 368 g/mol. The Morgan fingerprint density at radius 1 is 1.14 bits per heavy atom. The lowest BCUT2D eigenvalue weighted by molar-refractivity contribution is 0.130. The summed E-state index contributed by atoms with van der Waals surface area (Å²) in [7, 11) is 0. The summed E-state index contributed by atoms with van der Waals surface area (Å²) in [5.41, 5.74) is 3.61. The van der Waals surface area contributed by atoms with Gasteiger partial charge in [0.05, 0.1) is 6.61 Å². The molecule has 0 saturated carbocycles. The van der Waals surface area contributed by atoms with Crippen LogP contribution in [0.3, 0.4) is 0 Å². The highest BCUT2D eigenvalue weighted by atomic mass is 35.5. The van der Waals surface area contributed by atoms with E-state index in [0.29, 0.717) is 5.92 Å². The Hall–Kier alpha value is -1.25. The van der Waals surface area contributed by atoms with Gasteiger partial charge < -0.3 is 9.47 Å². The summed E-state index contributed by atoms with van der Waals surface area (Å²) < 4.78 is 11.9. The fourth-order valence-electron chi connectivity index (χ4n) is 4.33. The van der Waals surface area contributed by atoms with Crippen LogP contribution in [0.1, 0.15) is 80.9 Å². The van der Waals surface area contributed by atoms with Gasteiger partial charge in [0.2, 0.25) is 0 Å². The minimum atomic E-state index is 0.442. The highest BCUT2D eigenvalue weighted by molar-refractivity contribution is 6.49. The number of aryl methyl sites for hydroxylation is 1. The van der Waals surface area contributed by atoms with Crippen molar-refractivity contribution in [3.05, 3.63) is 47.1 Å². The molecular formula is C25H35ClO2. The number of hydrogen-bond donors (Lipinski definition) is 0. The van der Waals surface area contributed by atoms with E-state index in [2.05, 4.69) is 38.1 Å². The van der Waals surface area contributed by atoms with Crippen molar-refractivity contribution in [3.8, 4) is 5.75 Å². The fraction of sp³-hybridized carbons (Fsp3) is 0.600. The first-order valence-electron chi connectivity index (χ1n) is 11.0. The molecule has 1 aromatic carbocycles. The number of rotatable bonds is 5. The second-order valence-corrected chi connectivity index (χ2v) is 8.80. The van der Waals surface area contributed by atoms with E-state index in [1.165, 1.54) is 49.7 Å².